The maximum Gasteiger partial charge on any atom is 0.309 e. The minimum atomic E-state index is 0.0600. The van der Waals surface area contributed by atoms with Gasteiger partial charge in [0.25, 0.3) is 0 Å². The average molecular weight is 270 g/mol. The SMILES string of the molecule is CCCCC(CCC)OC(=O)C(CCC)CCCC. The van der Waals surface area contributed by atoms with E-state index in [1.165, 1.54) is 6.42 Å². The van der Waals surface area contributed by atoms with Crippen LogP contribution in [0.5, 0.6) is 0 Å². The Morgan fingerprint density at radius 2 is 1.37 bits per heavy atom. The summed E-state index contributed by atoms with van der Waals surface area (Å²) in [6, 6.07) is 0. The molecule has 0 N–H and O–H groups in total. The summed E-state index contributed by atoms with van der Waals surface area (Å²) in [5.41, 5.74) is 0. The predicted molar refractivity (Wildman–Crippen MR) is 82.2 cm³/mol. The second kappa shape index (κ2) is 12.5. The molecular formula is C17H34O2. The number of carbonyl (C=O) groups excluding carboxylic acids is 1. The van der Waals surface area contributed by atoms with Gasteiger partial charge in [-0.25, -0.2) is 0 Å². The van der Waals surface area contributed by atoms with E-state index in [9.17, 15) is 4.79 Å². The zero-order chi connectivity index (χ0) is 14.5. The van der Waals surface area contributed by atoms with E-state index in [1.807, 2.05) is 0 Å². The van der Waals surface area contributed by atoms with Crippen molar-refractivity contribution in [1.82, 2.24) is 0 Å². The molecule has 2 nitrogen and oxygen atoms in total. The molecule has 19 heavy (non-hydrogen) atoms. The molecule has 0 aliphatic rings. The van der Waals surface area contributed by atoms with Crippen LogP contribution in [0.1, 0.15) is 91.9 Å². The predicted octanol–water partition coefficient (Wildman–Crippen LogP) is 5.50. The first-order valence-electron chi connectivity index (χ1n) is 8.39. The van der Waals surface area contributed by atoms with E-state index in [-0.39, 0.29) is 18.0 Å². The standard InChI is InChI=1S/C17H34O2/c1-5-9-13-15(11-7-3)17(18)19-16(12-8-4)14-10-6-2/h15-16H,5-14H2,1-4H3. The van der Waals surface area contributed by atoms with Gasteiger partial charge in [-0.15, -0.1) is 0 Å². The van der Waals surface area contributed by atoms with E-state index in [0.29, 0.717) is 0 Å². The second-order valence-electron chi connectivity index (χ2n) is 5.62. The maximum absolute atomic E-state index is 12.3. The molecule has 114 valence electrons. The number of rotatable bonds is 12. The molecule has 0 saturated carbocycles. The van der Waals surface area contributed by atoms with E-state index < -0.39 is 0 Å². The van der Waals surface area contributed by atoms with Gasteiger partial charge >= 0.3 is 5.97 Å². The molecule has 0 aromatic carbocycles. The summed E-state index contributed by atoms with van der Waals surface area (Å²) in [7, 11) is 0. The highest BCUT2D eigenvalue weighted by Crippen LogP contribution is 2.20. The van der Waals surface area contributed by atoms with E-state index in [0.717, 1.165) is 57.8 Å². The lowest BCUT2D eigenvalue weighted by atomic mass is 9.97. The van der Waals surface area contributed by atoms with Crippen LogP contribution < -0.4 is 0 Å². The summed E-state index contributed by atoms with van der Waals surface area (Å²) in [4.78, 5) is 12.3. The van der Waals surface area contributed by atoms with E-state index >= 15 is 0 Å². The Bertz CT molecular complexity index is 213. The lowest BCUT2D eigenvalue weighted by Crippen LogP contribution is -2.24. The van der Waals surface area contributed by atoms with E-state index in [2.05, 4.69) is 27.7 Å². The van der Waals surface area contributed by atoms with Crippen LogP contribution >= 0.6 is 0 Å². The van der Waals surface area contributed by atoms with Crippen molar-refractivity contribution < 1.29 is 9.53 Å². The van der Waals surface area contributed by atoms with Gasteiger partial charge in [0.1, 0.15) is 6.10 Å². The number of esters is 1. The van der Waals surface area contributed by atoms with Crippen LogP contribution in [-0.2, 0) is 9.53 Å². The number of hydrogen-bond acceptors (Lipinski definition) is 2. The van der Waals surface area contributed by atoms with Crippen molar-refractivity contribution in [1.29, 1.82) is 0 Å². The Morgan fingerprint density at radius 1 is 0.789 bits per heavy atom. The van der Waals surface area contributed by atoms with E-state index in [4.69, 9.17) is 4.74 Å². The van der Waals surface area contributed by atoms with Gasteiger partial charge in [0.2, 0.25) is 0 Å². The smallest absolute Gasteiger partial charge is 0.309 e. The van der Waals surface area contributed by atoms with Crippen LogP contribution in [0, 0.1) is 5.92 Å². The van der Waals surface area contributed by atoms with Crippen molar-refractivity contribution in [2.24, 2.45) is 5.92 Å². The van der Waals surface area contributed by atoms with Crippen molar-refractivity contribution in [2.75, 3.05) is 0 Å². The van der Waals surface area contributed by atoms with Gasteiger partial charge in [-0.2, -0.15) is 0 Å². The Morgan fingerprint density at radius 3 is 1.89 bits per heavy atom. The van der Waals surface area contributed by atoms with Gasteiger partial charge in [0.15, 0.2) is 0 Å². The second-order valence-corrected chi connectivity index (χ2v) is 5.62. The monoisotopic (exact) mass is 270 g/mol. The number of hydrogen-bond donors (Lipinski definition) is 0. The Labute approximate surface area is 120 Å². The summed E-state index contributed by atoms with van der Waals surface area (Å²) in [6.45, 7) is 8.67. The Hall–Kier alpha value is -0.530. The Kier molecular flexibility index (Phi) is 12.2. The van der Waals surface area contributed by atoms with Crippen LogP contribution in [0.4, 0.5) is 0 Å². The van der Waals surface area contributed by atoms with Crippen molar-refractivity contribution >= 4 is 5.97 Å². The molecule has 2 unspecified atom stereocenters. The molecule has 0 bridgehead atoms. The fourth-order valence-electron chi connectivity index (χ4n) is 2.46. The molecule has 0 amide bonds. The third-order valence-corrected chi connectivity index (χ3v) is 3.65. The lowest BCUT2D eigenvalue weighted by Gasteiger charge is -2.21. The highest BCUT2D eigenvalue weighted by molar-refractivity contribution is 5.72. The molecule has 0 aromatic rings. The van der Waals surface area contributed by atoms with Crippen LogP contribution in [-0.4, -0.2) is 12.1 Å². The number of ether oxygens (including phenoxy) is 1. The molecule has 0 spiro atoms. The van der Waals surface area contributed by atoms with Crippen molar-refractivity contribution in [3.63, 3.8) is 0 Å². The summed E-state index contributed by atoms with van der Waals surface area (Å²) in [5.74, 6) is 0.191. The van der Waals surface area contributed by atoms with Crippen LogP contribution in [0.15, 0.2) is 0 Å². The molecule has 0 rings (SSSR count). The first-order chi connectivity index (χ1) is 9.19. The quantitative estimate of drug-likeness (QED) is 0.438. The van der Waals surface area contributed by atoms with Crippen LogP contribution in [0.25, 0.3) is 0 Å². The molecule has 0 saturated heterocycles. The molecular weight excluding hydrogens is 236 g/mol. The lowest BCUT2D eigenvalue weighted by molar-refractivity contribution is -0.155. The molecule has 0 fully saturated rings. The van der Waals surface area contributed by atoms with Crippen molar-refractivity contribution in [2.45, 2.75) is 98.0 Å². The highest BCUT2D eigenvalue weighted by atomic mass is 16.5. The van der Waals surface area contributed by atoms with Gasteiger partial charge in [-0.05, 0) is 25.7 Å². The van der Waals surface area contributed by atoms with Gasteiger partial charge < -0.3 is 4.74 Å². The van der Waals surface area contributed by atoms with Gasteiger partial charge in [0.05, 0.1) is 5.92 Å². The largest absolute Gasteiger partial charge is 0.462 e. The highest BCUT2D eigenvalue weighted by Gasteiger charge is 2.21. The maximum atomic E-state index is 12.3. The third kappa shape index (κ3) is 9.07. The molecule has 2 heteroatoms. The van der Waals surface area contributed by atoms with Crippen molar-refractivity contribution in [3.05, 3.63) is 0 Å². The van der Waals surface area contributed by atoms with Crippen molar-refractivity contribution in [3.8, 4) is 0 Å². The zero-order valence-electron chi connectivity index (χ0n) is 13.5. The van der Waals surface area contributed by atoms with Crippen LogP contribution in [0.2, 0.25) is 0 Å². The first-order valence-corrected chi connectivity index (χ1v) is 8.39. The zero-order valence-corrected chi connectivity index (χ0v) is 13.5. The van der Waals surface area contributed by atoms with Gasteiger partial charge in [-0.3, -0.25) is 4.79 Å². The molecule has 0 aromatic heterocycles. The molecule has 2 atom stereocenters. The molecule has 0 heterocycles. The summed E-state index contributed by atoms with van der Waals surface area (Å²) in [5, 5.41) is 0. The fourth-order valence-corrected chi connectivity index (χ4v) is 2.46. The fraction of sp³-hybridized carbons (Fsp3) is 0.941. The summed E-state index contributed by atoms with van der Waals surface area (Å²) < 4.78 is 5.77. The minimum absolute atomic E-state index is 0.0600. The first kappa shape index (κ1) is 18.5. The third-order valence-electron chi connectivity index (χ3n) is 3.65. The summed E-state index contributed by atoms with van der Waals surface area (Å²) in [6.07, 6.45) is 10.9. The van der Waals surface area contributed by atoms with Gasteiger partial charge in [-0.1, -0.05) is 66.2 Å². The molecule has 0 radical (unpaired) electrons. The van der Waals surface area contributed by atoms with E-state index in [1.54, 1.807) is 0 Å². The molecule has 0 aliphatic heterocycles. The Balaban J connectivity index is 4.28. The molecule has 0 aliphatic carbocycles. The summed E-state index contributed by atoms with van der Waals surface area (Å²) >= 11 is 0. The average Bonchev–Trinajstić information content (AvgIpc) is 2.40. The normalized spacial score (nSPS) is 14.1. The van der Waals surface area contributed by atoms with Gasteiger partial charge in [0, 0.05) is 0 Å². The topological polar surface area (TPSA) is 26.3 Å². The number of unbranched alkanes of at least 4 members (excludes halogenated alkanes) is 2. The number of carbonyl (C=O) groups is 1. The minimum Gasteiger partial charge on any atom is -0.462 e. The van der Waals surface area contributed by atoms with Crippen LogP contribution in [0.3, 0.4) is 0 Å².